The van der Waals surface area contributed by atoms with E-state index in [1.54, 1.807) is 18.4 Å². The van der Waals surface area contributed by atoms with E-state index in [1.165, 1.54) is 0 Å². The number of anilines is 2. The molecule has 1 aromatic carbocycles. The van der Waals surface area contributed by atoms with Crippen molar-refractivity contribution in [3.63, 3.8) is 0 Å². The maximum absolute atomic E-state index is 5.75. The Morgan fingerprint density at radius 1 is 1.39 bits per heavy atom. The first-order valence-electron chi connectivity index (χ1n) is 5.78. The van der Waals surface area contributed by atoms with Crippen LogP contribution in [0.4, 0.5) is 10.8 Å². The number of rotatable bonds is 5. The fourth-order valence-corrected chi connectivity index (χ4v) is 2.33. The molecule has 1 unspecified atom stereocenters. The molecule has 0 radical (unpaired) electrons. The third-order valence-electron chi connectivity index (χ3n) is 2.42. The Balaban J connectivity index is 2.01. The van der Waals surface area contributed by atoms with E-state index in [1.807, 2.05) is 36.6 Å². The summed E-state index contributed by atoms with van der Waals surface area (Å²) in [5.74, 6) is 0.845. The van der Waals surface area contributed by atoms with E-state index in [0.29, 0.717) is 0 Å². The number of nitrogens with two attached hydrogens (primary N) is 1. The van der Waals surface area contributed by atoms with Gasteiger partial charge in [0.1, 0.15) is 5.75 Å². The summed E-state index contributed by atoms with van der Waals surface area (Å²) < 4.78 is 5.11. The average Bonchev–Trinajstić information content (AvgIpc) is 2.76. The van der Waals surface area contributed by atoms with Gasteiger partial charge < -0.3 is 15.8 Å². The molecule has 0 aliphatic carbocycles. The van der Waals surface area contributed by atoms with Crippen molar-refractivity contribution in [2.24, 2.45) is 5.73 Å². The van der Waals surface area contributed by atoms with Gasteiger partial charge in [-0.3, -0.25) is 0 Å². The number of nitrogens with zero attached hydrogens (tertiary/aromatic N) is 1. The number of aromatic nitrogens is 1. The van der Waals surface area contributed by atoms with Crippen molar-refractivity contribution in [3.8, 4) is 5.75 Å². The molecular weight excluding hydrogens is 246 g/mol. The summed E-state index contributed by atoms with van der Waals surface area (Å²) >= 11 is 1.59. The van der Waals surface area contributed by atoms with Gasteiger partial charge in [-0.1, -0.05) is 0 Å². The molecule has 96 valence electrons. The summed E-state index contributed by atoms with van der Waals surface area (Å²) in [6, 6.07) is 7.90. The Bertz CT molecular complexity index is 493. The SMILES string of the molecule is COc1ccc(Nc2nc(CC(C)N)cs2)cc1. The number of nitrogens with one attached hydrogen (secondary N) is 1. The molecule has 18 heavy (non-hydrogen) atoms. The van der Waals surface area contributed by atoms with E-state index in [-0.39, 0.29) is 6.04 Å². The van der Waals surface area contributed by atoms with Crippen LogP contribution in [0.15, 0.2) is 29.6 Å². The van der Waals surface area contributed by atoms with Gasteiger partial charge in [0.05, 0.1) is 12.8 Å². The van der Waals surface area contributed by atoms with Crippen molar-refractivity contribution >= 4 is 22.2 Å². The minimum Gasteiger partial charge on any atom is -0.497 e. The molecule has 4 nitrogen and oxygen atoms in total. The Morgan fingerprint density at radius 3 is 2.72 bits per heavy atom. The smallest absolute Gasteiger partial charge is 0.187 e. The van der Waals surface area contributed by atoms with Gasteiger partial charge in [0.15, 0.2) is 5.13 Å². The van der Waals surface area contributed by atoms with Gasteiger partial charge in [-0.25, -0.2) is 4.98 Å². The van der Waals surface area contributed by atoms with Crippen molar-refractivity contribution in [2.45, 2.75) is 19.4 Å². The van der Waals surface area contributed by atoms with E-state index in [9.17, 15) is 0 Å². The van der Waals surface area contributed by atoms with Gasteiger partial charge in [-0.05, 0) is 31.2 Å². The lowest BCUT2D eigenvalue weighted by Crippen LogP contribution is -2.17. The number of ether oxygens (including phenoxy) is 1. The molecule has 0 saturated heterocycles. The van der Waals surface area contributed by atoms with Crippen molar-refractivity contribution in [1.82, 2.24) is 4.98 Å². The van der Waals surface area contributed by atoms with Gasteiger partial charge in [0.2, 0.25) is 0 Å². The Kier molecular flexibility index (Phi) is 4.17. The third kappa shape index (κ3) is 3.45. The highest BCUT2D eigenvalue weighted by atomic mass is 32.1. The summed E-state index contributed by atoms with van der Waals surface area (Å²) in [5, 5.41) is 6.18. The largest absolute Gasteiger partial charge is 0.497 e. The number of methoxy groups -OCH3 is 1. The Labute approximate surface area is 111 Å². The Hall–Kier alpha value is -1.59. The molecule has 0 bridgehead atoms. The lowest BCUT2D eigenvalue weighted by molar-refractivity contribution is 0.415. The number of hydrogen-bond acceptors (Lipinski definition) is 5. The summed E-state index contributed by atoms with van der Waals surface area (Å²) in [7, 11) is 1.66. The first-order valence-corrected chi connectivity index (χ1v) is 6.66. The highest BCUT2D eigenvalue weighted by Gasteiger charge is 2.04. The van der Waals surface area contributed by atoms with E-state index in [0.717, 1.165) is 28.7 Å². The molecule has 0 fully saturated rings. The third-order valence-corrected chi connectivity index (χ3v) is 3.23. The predicted octanol–water partition coefficient (Wildman–Crippen LogP) is 2.79. The van der Waals surface area contributed by atoms with Crippen LogP contribution < -0.4 is 15.8 Å². The zero-order valence-electron chi connectivity index (χ0n) is 10.5. The van der Waals surface area contributed by atoms with Gasteiger partial charge in [-0.15, -0.1) is 11.3 Å². The standard InChI is InChI=1S/C13H17N3OS/c1-9(14)7-11-8-18-13(16-11)15-10-3-5-12(17-2)6-4-10/h3-6,8-9H,7,14H2,1-2H3,(H,15,16). The van der Waals surface area contributed by atoms with E-state index < -0.39 is 0 Å². The zero-order chi connectivity index (χ0) is 13.0. The molecule has 1 atom stereocenters. The minimum atomic E-state index is 0.140. The molecular formula is C13H17N3OS. The van der Waals surface area contributed by atoms with E-state index in [2.05, 4.69) is 10.3 Å². The second kappa shape index (κ2) is 5.84. The maximum atomic E-state index is 5.75. The second-order valence-electron chi connectivity index (χ2n) is 4.18. The number of hydrogen-bond donors (Lipinski definition) is 2. The molecule has 0 aliphatic heterocycles. The number of benzene rings is 1. The van der Waals surface area contributed by atoms with Crippen LogP contribution >= 0.6 is 11.3 Å². The van der Waals surface area contributed by atoms with Crippen molar-refractivity contribution in [3.05, 3.63) is 35.3 Å². The first kappa shape index (κ1) is 12.9. The Morgan fingerprint density at radius 2 is 2.11 bits per heavy atom. The molecule has 1 aromatic heterocycles. The van der Waals surface area contributed by atoms with Crippen LogP contribution in [0.5, 0.6) is 5.75 Å². The summed E-state index contributed by atoms with van der Waals surface area (Å²) in [5.41, 5.74) is 7.78. The van der Waals surface area contributed by atoms with Crippen LogP contribution in [0.2, 0.25) is 0 Å². The predicted molar refractivity (Wildman–Crippen MR) is 75.7 cm³/mol. The molecule has 0 aliphatic rings. The molecule has 0 saturated carbocycles. The monoisotopic (exact) mass is 263 g/mol. The van der Waals surface area contributed by atoms with Crippen LogP contribution in [-0.4, -0.2) is 18.1 Å². The minimum absolute atomic E-state index is 0.140. The van der Waals surface area contributed by atoms with Crippen LogP contribution in [0, 0.1) is 0 Å². The number of thiazole rings is 1. The van der Waals surface area contributed by atoms with Crippen molar-refractivity contribution < 1.29 is 4.74 Å². The summed E-state index contributed by atoms with van der Waals surface area (Å²) in [4.78, 5) is 4.48. The van der Waals surface area contributed by atoms with Crippen LogP contribution in [-0.2, 0) is 6.42 Å². The van der Waals surface area contributed by atoms with Crippen LogP contribution in [0.3, 0.4) is 0 Å². The fraction of sp³-hybridized carbons (Fsp3) is 0.308. The highest BCUT2D eigenvalue weighted by Crippen LogP contribution is 2.23. The van der Waals surface area contributed by atoms with Gasteiger partial charge >= 0.3 is 0 Å². The quantitative estimate of drug-likeness (QED) is 0.871. The summed E-state index contributed by atoms with van der Waals surface area (Å²) in [6.07, 6.45) is 0.806. The van der Waals surface area contributed by atoms with Crippen molar-refractivity contribution in [2.75, 3.05) is 12.4 Å². The van der Waals surface area contributed by atoms with Crippen LogP contribution in [0.25, 0.3) is 0 Å². The molecule has 0 spiro atoms. The molecule has 5 heteroatoms. The lowest BCUT2D eigenvalue weighted by atomic mass is 10.2. The van der Waals surface area contributed by atoms with Gasteiger partial charge in [-0.2, -0.15) is 0 Å². The maximum Gasteiger partial charge on any atom is 0.187 e. The van der Waals surface area contributed by atoms with E-state index in [4.69, 9.17) is 10.5 Å². The average molecular weight is 263 g/mol. The normalized spacial score (nSPS) is 12.2. The van der Waals surface area contributed by atoms with Crippen LogP contribution in [0.1, 0.15) is 12.6 Å². The first-order chi connectivity index (χ1) is 8.67. The van der Waals surface area contributed by atoms with Crippen molar-refractivity contribution in [1.29, 1.82) is 0 Å². The lowest BCUT2D eigenvalue weighted by Gasteiger charge is -2.04. The summed E-state index contributed by atoms with van der Waals surface area (Å²) in [6.45, 7) is 1.98. The molecule has 0 amide bonds. The molecule has 2 rings (SSSR count). The molecule has 2 aromatic rings. The fourth-order valence-electron chi connectivity index (χ4n) is 1.59. The van der Waals surface area contributed by atoms with E-state index >= 15 is 0 Å². The molecule has 3 N–H and O–H groups in total. The van der Waals surface area contributed by atoms with Gasteiger partial charge in [0, 0.05) is 23.5 Å². The topological polar surface area (TPSA) is 60.2 Å². The second-order valence-corrected chi connectivity index (χ2v) is 5.04. The van der Waals surface area contributed by atoms with Gasteiger partial charge in [0.25, 0.3) is 0 Å². The highest BCUT2D eigenvalue weighted by molar-refractivity contribution is 7.13. The molecule has 1 heterocycles. The zero-order valence-corrected chi connectivity index (χ0v) is 11.3.